The topological polar surface area (TPSA) is 127 Å². The highest BCUT2D eigenvalue weighted by atomic mass is 35.5. The van der Waals surface area contributed by atoms with Crippen LogP contribution in [0.3, 0.4) is 0 Å². The first kappa shape index (κ1) is 24.8. The van der Waals surface area contributed by atoms with Crippen molar-refractivity contribution in [1.82, 2.24) is 4.98 Å². The first-order valence-corrected chi connectivity index (χ1v) is 11.6. The number of para-hydroxylation sites is 1. The van der Waals surface area contributed by atoms with E-state index in [0.29, 0.717) is 21.9 Å². The number of carbonyl (C=O) groups excluding carboxylic acids is 1. The second kappa shape index (κ2) is 11.0. The summed E-state index contributed by atoms with van der Waals surface area (Å²) in [6.07, 6.45) is 0. The summed E-state index contributed by atoms with van der Waals surface area (Å²) in [6.45, 7) is -0.0151. The van der Waals surface area contributed by atoms with Gasteiger partial charge in [0.2, 0.25) is 0 Å². The zero-order valence-electron chi connectivity index (χ0n) is 18.7. The van der Waals surface area contributed by atoms with Gasteiger partial charge >= 0.3 is 0 Å². The standard InChI is InChI=1S/C25H17ClN4O5S/c1-34-14-35-22-6-3-2-5-16(22)21-12-17(18-11-15(30(32)33)8-9-20(18)26)19(13-27)24(28-21)29-25(31)23-7-4-10-36-23/h2-12H,14H2,1H3,(H,28,29,31). The number of anilines is 1. The third kappa shape index (κ3) is 5.18. The van der Waals surface area contributed by atoms with Crippen molar-refractivity contribution in [1.29, 1.82) is 5.26 Å². The van der Waals surface area contributed by atoms with Gasteiger partial charge in [-0.25, -0.2) is 4.98 Å². The first-order valence-electron chi connectivity index (χ1n) is 10.4. The van der Waals surface area contributed by atoms with E-state index in [0.717, 1.165) is 0 Å². The van der Waals surface area contributed by atoms with Crippen LogP contribution in [0.25, 0.3) is 22.4 Å². The molecule has 0 fully saturated rings. The van der Waals surface area contributed by atoms with Gasteiger partial charge in [-0.2, -0.15) is 5.26 Å². The molecule has 0 saturated heterocycles. The van der Waals surface area contributed by atoms with Gasteiger partial charge in [0.1, 0.15) is 17.4 Å². The van der Waals surface area contributed by atoms with E-state index in [2.05, 4.69) is 16.4 Å². The molecule has 36 heavy (non-hydrogen) atoms. The summed E-state index contributed by atoms with van der Waals surface area (Å²) in [5.74, 6) is -0.0261. The Morgan fingerprint density at radius 3 is 2.67 bits per heavy atom. The Morgan fingerprint density at radius 1 is 1.17 bits per heavy atom. The molecule has 0 atom stereocenters. The van der Waals surface area contributed by atoms with Crippen LogP contribution in [-0.2, 0) is 4.74 Å². The van der Waals surface area contributed by atoms with Crippen molar-refractivity contribution < 1.29 is 19.2 Å². The lowest BCUT2D eigenvalue weighted by molar-refractivity contribution is -0.384. The van der Waals surface area contributed by atoms with Crippen molar-refractivity contribution in [3.8, 4) is 34.2 Å². The van der Waals surface area contributed by atoms with Crippen molar-refractivity contribution in [2.75, 3.05) is 19.2 Å². The summed E-state index contributed by atoms with van der Waals surface area (Å²) in [6, 6.07) is 18.0. The van der Waals surface area contributed by atoms with Gasteiger partial charge in [0.25, 0.3) is 11.6 Å². The molecule has 0 unspecified atom stereocenters. The maximum Gasteiger partial charge on any atom is 0.270 e. The molecule has 0 radical (unpaired) electrons. The number of hydrogen-bond acceptors (Lipinski definition) is 8. The number of nitriles is 1. The summed E-state index contributed by atoms with van der Waals surface area (Å²) < 4.78 is 10.7. The molecular weight excluding hydrogens is 504 g/mol. The number of thiophene rings is 1. The van der Waals surface area contributed by atoms with Gasteiger partial charge in [-0.3, -0.25) is 14.9 Å². The van der Waals surface area contributed by atoms with Gasteiger partial charge < -0.3 is 14.8 Å². The monoisotopic (exact) mass is 520 g/mol. The molecule has 0 bridgehead atoms. The SMILES string of the molecule is COCOc1ccccc1-c1cc(-c2cc([N+](=O)[O-])ccc2Cl)c(C#N)c(NC(=O)c2cccs2)n1. The third-order valence-corrected chi connectivity index (χ3v) is 6.25. The van der Waals surface area contributed by atoms with Gasteiger partial charge in [-0.1, -0.05) is 29.8 Å². The van der Waals surface area contributed by atoms with E-state index in [9.17, 15) is 20.2 Å². The van der Waals surface area contributed by atoms with E-state index in [4.69, 9.17) is 21.1 Å². The predicted octanol–water partition coefficient (Wildman–Crippen LogP) is 6.15. The number of nitro benzene ring substituents is 1. The molecule has 180 valence electrons. The second-order valence-electron chi connectivity index (χ2n) is 7.29. The van der Waals surface area contributed by atoms with Gasteiger partial charge in [0, 0.05) is 41.0 Å². The van der Waals surface area contributed by atoms with Crippen molar-refractivity contribution in [2.45, 2.75) is 0 Å². The highest BCUT2D eigenvalue weighted by Gasteiger charge is 2.22. The zero-order chi connectivity index (χ0) is 25.7. The highest BCUT2D eigenvalue weighted by molar-refractivity contribution is 7.12. The highest BCUT2D eigenvalue weighted by Crippen LogP contribution is 2.39. The van der Waals surface area contributed by atoms with Crippen LogP contribution in [0.15, 0.2) is 66.0 Å². The number of aromatic nitrogens is 1. The number of pyridine rings is 1. The molecule has 1 N–H and O–H groups in total. The van der Waals surface area contributed by atoms with Crippen LogP contribution < -0.4 is 10.1 Å². The molecule has 0 aliphatic heterocycles. The minimum Gasteiger partial charge on any atom is -0.467 e. The van der Waals surface area contributed by atoms with Crippen LogP contribution in [0, 0.1) is 21.4 Å². The number of rotatable bonds is 8. The van der Waals surface area contributed by atoms with Gasteiger partial charge in [-0.15, -0.1) is 11.3 Å². The van der Waals surface area contributed by atoms with Crippen molar-refractivity contribution >= 4 is 40.4 Å². The minimum atomic E-state index is -0.554. The maximum absolute atomic E-state index is 12.9. The third-order valence-electron chi connectivity index (χ3n) is 5.05. The second-order valence-corrected chi connectivity index (χ2v) is 8.65. The molecule has 0 saturated carbocycles. The van der Waals surface area contributed by atoms with E-state index < -0.39 is 10.8 Å². The van der Waals surface area contributed by atoms with E-state index in [1.807, 2.05) is 0 Å². The first-order chi connectivity index (χ1) is 17.4. The fourth-order valence-electron chi connectivity index (χ4n) is 3.44. The van der Waals surface area contributed by atoms with E-state index >= 15 is 0 Å². The average Bonchev–Trinajstić information content (AvgIpc) is 3.43. The Morgan fingerprint density at radius 2 is 1.97 bits per heavy atom. The molecule has 4 rings (SSSR count). The number of halogens is 1. The summed E-state index contributed by atoms with van der Waals surface area (Å²) >= 11 is 7.65. The summed E-state index contributed by atoms with van der Waals surface area (Å²) in [5.41, 5.74) is 1.20. The van der Waals surface area contributed by atoms with Crippen LogP contribution in [0.2, 0.25) is 5.02 Å². The molecular formula is C25H17ClN4O5S. The van der Waals surface area contributed by atoms with E-state index in [1.54, 1.807) is 47.8 Å². The molecule has 11 heteroatoms. The van der Waals surface area contributed by atoms with Gasteiger partial charge in [-0.05, 0) is 35.7 Å². The van der Waals surface area contributed by atoms with Crippen LogP contribution in [0.1, 0.15) is 15.2 Å². The number of benzene rings is 2. The Balaban J connectivity index is 1.96. The molecule has 4 aromatic rings. The molecule has 0 aliphatic rings. The Bertz CT molecular complexity index is 1480. The lowest BCUT2D eigenvalue weighted by atomic mass is 9.97. The number of nitrogens with one attached hydrogen (secondary N) is 1. The average molecular weight is 521 g/mol. The molecule has 0 aliphatic carbocycles. The molecule has 9 nitrogen and oxygen atoms in total. The maximum atomic E-state index is 12.9. The fraction of sp³-hybridized carbons (Fsp3) is 0.0800. The predicted molar refractivity (Wildman–Crippen MR) is 136 cm³/mol. The number of methoxy groups -OCH3 is 1. The van der Waals surface area contributed by atoms with Crippen molar-refractivity contribution in [3.05, 3.63) is 91.6 Å². The molecule has 2 aromatic heterocycles. The van der Waals surface area contributed by atoms with Crippen LogP contribution in [-0.4, -0.2) is 29.7 Å². The zero-order valence-corrected chi connectivity index (χ0v) is 20.3. The molecule has 1 amide bonds. The Labute approximate surface area is 214 Å². The number of hydrogen-bond donors (Lipinski definition) is 1. The number of non-ortho nitro benzene ring substituents is 1. The largest absolute Gasteiger partial charge is 0.467 e. The van der Waals surface area contributed by atoms with Crippen LogP contribution in [0.5, 0.6) is 5.75 Å². The van der Waals surface area contributed by atoms with E-state index in [-0.39, 0.29) is 40.0 Å². The fourth-order valence-corrected chi connectivity index (χ4v) is 4.27. The Kier molecular flexibility index (Phi) is 7.56. The summed E-state index contributed by atoms with van der Waals surface area (Å²) in [5, 5.41) is 26.1. The van der Waals surface area contributed by atoms with E-state index in [1.165, 1.54) is 36.6 Å². The minimum absolute atomic E-state index is 0.00125. The lowest BCUT2D eigenvalue weighted by Gasteiger charge is -2.16. The normalized spacial score (nSPS) is 10.5. The molecule has 2 heterocycles. The van der Waals surface area contributed by atoms with Crippen molar-refractivity contribution in [3.63, 3.8) is 0 Å². The number of nitrogens with zero attached hydrogens (tertiary/aromatic N) is 3. The smallest absolute Gasteiger partial charge is 0.270 e. The van der Waals surface area contributed by atoms with Gasteiger partial charge in [0.05, 0.1) is 15.5 Å². The molecule has 0 spiro atoms. The quantitative estimate of drug-likeness (QED) is 0.168. The molecule has 2 aromatic carbocycles. The number of amides is 1. The van der Waals surface area contributed by atoms with Gasteiger partial charge in [0.15, 0.2) is 12.6 Å². The van der Waals surface area contributed by atoms with Crippen LogP contribution >= 0.6 is 22.9 Å². The number of ether oxygens (including phenoxy) is 2. The summed E-state index contributed by atoms with van der Waals surface area (Å²) in [7, 11) is 1.49. The number of nitro groups is 1. The van der Waals surface area contributed by atoms with Crippen molar-refractivity contribution in [2.24, 2.45) is 0 Å². The number of carbonyl (C=O) groups is 1. The van der Waals surface area contributed by atoms with Crippen LogP contribution in [0.4, 0.5) is 11.5 Å². The Hall–Kier alpha value is -4.30. The summed E-state index contributed by atoms with van der Waals surface area (Å²) in [4.78, 5) is 28.7. The lowest BCUT2D eigenvalue weighted by Crippen LogP contribution is -2.14.